The molecule has 58 heavy (non-hydrogen) atoms. The largest absolute Gasteiger partial charge is 0.492 e. The normalized spacial score (nSPS) is 11.8. The number of hydrogen-bond donors (Lipinski definition) is 0. The minimum Gasteiger partial charge on any atom is -0.492 e. The molecule has 306 valence electrons. The number of hydrogen-bond acceptors (Lipinski definition) is 6. The van der Waals surface area contributed by atoms with E-state index in [1.807, 2.05) is 0 Å². The molecule has 0 saturated heterocycles. The molecule has 0 N–H and O–H groups in total. The standard InChI is InChI=1S/C52H64N2O4/c1-5-9-13-21-33-55-49-37-25-17-19-27-39(37)51(57-35-23-15-11-7-3)45-41(49)29-31-43-47(45)53-44-32-30-42-46(48(44)54-43)52(58-36-24-16-12-8-4)40-28-20-18-26-38(40)50(42)56-34-22-14-10-6-2/h17-20,25-32H,5-16,21-24,33-36H2,1-4H3. The van der Waals surface area contributed by atoms with E-state index in [9.17, 15) is 0 Å². The van der Waals surface area contributed by atoms with Crippen molar-refractivity contribution in [1.29, 1.82) is 0 Å². The molecule has 0 atom stereocenters. The number of ether oxygens (including phenoxy) is 4. The maximum Gasteiger partial charge on any atom is 0.137 e. The van der Waals surface area contributed by atoms with Crippen LogP contribution >= 0.6 is 0 Å². The zero-order valence-electron chi connectivity index (χ0n) is 35.6. The van der Waals surface area contributed by atoms with Crippen LogP contribution in [0.15, 0.2) is 72.8 Å². The van der Waals surface area contributed by atoms with E-state index in [-0.39, 0.29) is 0 Å². The number of unbranched alkanes of at least 4 members (excludes halogenated alkanes) is 12. The molecule has 6 aromatic carbocycles. The van der Waals surface area contributed by atoms with E-state index in [1.54, 1.807) is 0 Å². The summed E-state index contributed by atoms with van der Waals surface area (Å²) in [5, 5.41) is 8.20. The minimum atomic E-state index is 0.644. The molecule has 7 rings (SSSR count). The Hall–Kier alpha value is -4.84. The molecule has 1 heterocycles. The molecule has 6 heteroatoms. The number of nitrogens with zero attached hydrogens (tertiary/aromatic N) is 2. The van der Waals surface area contributed by atoms with E-state index < -0.39 is 0 Å². The van der Waals surface area contributed by atoms with Crippen molar-refractivity contribution in [1.82, 2.24) is 9.97 Å². The van der Waals surface area contributed by atoms with Gasteiger partial charge in [0, 0.05) is 32.3 Å². The summed E-state index contributed by atoms with van der Waals surface area (Å²) in [7, 11) is 0. The smallest absolute Gasteiger partial charge is 0.137 e. The first-order valence-corrected chi connectivity index (χ1v) is 22.7. The molecule has 0 bridgehead atoms. The molecule has 1 aromatic heterocycles. The second-order valence-electron chi connectivity index (χ2n) is 16.0. The third-order valence-electron chi connectivity index (χ3n) is 11.5. The Kier molecular flexibility index (Phi) is 14.8. The van der Waals surface area contributed by atoms with Gasteiger partial charge < -0.3 is 18.9 Å². The Morgan fingerprint density at radius 3 is 0.966 bits per heavy atom. The summed E-state index contributed by atoms with van der Waals surface area (Å²) < 4.78 is 27.2. The van der Waals surface area contributed by atoms with Crippen LogP contribution in [0, 0.1) is 0 Å². The van der Waals surface area contributed by atoms with Crippen molar-refractivity contribution in [2.45, 2.75) is 130 Å². The van der Waals surface area contributed by atoms with E-state index >= 15 is 0 Å². The third kappa shape index (κ3) is 9.07. The molecule has 6 nitrogen and oxygen atoms in total. The molecule has 0 saturated carbocycles. The van der Waals surface area contributed by atoms with E-state index in [0.29, 0.717) is 26.4 Å². The molecule has 0 fully saturated rings. The minimum absolute atomic E-state index is 0.644. The van der Waals surface area contributed by atoms with Crippen LogP contribution in [0.4, 0.5) is 0 Å². The van der Waals surface area contributed by atoms with Gasteiger partial charge in [-0.05, 0) is 49.9 Å². The third-order valence-corrected chi connectivity index (χ3v) is 11.5. The van der Waals surface area contributed by atoms with Gasteiger partial charge in [0.2, 0.25) is 0 Å². The maximum atomic E-state index is 6.84. The molecule has 0 spiro atoms. The molecule has 0 radical (unpaired) electrons. The molecule has 0 amide bonds. The Balaban J connectivity index is 1.45. The topological polar surface area (TPSA) is 62.7 Å². The summed E-state index contributed by atoms with van der Waals surface area (Å²) in [6.45, 7) is 11.6. The zero-order chi connectivity index (χ0) is 40.1. The van der Waals surface area contributed by atoms with Gasteiger partial charge in [0.15, 0.2) is 0 Å². The van der Waals surface area contributed by atoms with Crippen LogP contribution in [-0.2, 0) is 0 Å². The summed E-state index contributed by atoms with van der Waals surface area (Å²) in [6.07, 6.45) is 18.2. The number of fused-ring (bicyclic) bond motifs is 8. The quantitative estimate of drug-likeness (QED) is 0.0346. The molecule has 0 aliphatic heterocycles. The molecular weight excluding hydrogens is 717 g/mol. The van der Waals surface area contributed by atoms with E-state index in [0.717, 1.165) is 140 Å². The fourth-order valence-electron chi connectivity index (χ4n) is 8.39. The average Bonchev–Trinajstić information content (AvgIpc) is 3.25. The van der Waals surface area contributed by atoms with Crippen molar-refractivity contribution in [2.24, 2.45) is 0 Å². The first-order chi connectivity index (χ1) is 28.7. The lowest BCUT2D eigenvalue weighted by atomic mass is 9.97. The fourth-order valence-corrected chi connectivity index (χ4v) is 8.39. The highest BCUT2D eigenvalue weighted by atomic mass is 16.5. The Morgan fingerprint density at radius 1 is 0.328 bits per heavy atom. The average molecular weight is 781 g/mol. The van der Waals surface area contributed by atoms with Crippen LogP contribution in [0.25, 0.3) is 65.2 Å². The monoisotopic (exact) mass is 780 g/mol. The highest BCUT2D eigenvalue weighted by Gasteiger charge is 2.23. The lowest BCUT2D eigenvalue weighted by Gasteiger charge is -2.20. The van der Waals surface area contributed by atoms with Gasteiger partial charge in [-0.15, -0.1) is 0 Å². The van der Waals surface area contributed by atoms with Gasteiger partial charge in [-0.1, -0.05) is 153 Å². The summed E-state index contributed by atoms with van der Waals surface area (Å²) in [5.74, 6) is 3.52. The highest BCUT2D eigenvalue weighted by molar-refractivity contribution is 6.22. The van der Waals surface area contributed by atoms with Crippen LogP contribution in [0.2, 0.25) is 0 Å². The molecule has 0 unspecified atom stereocenters. The first kappa shape index (κ1) is 41.3. The maximum absolute atomic E-state index is 6.84. The molecular formula is C52H64N2O4. The van der Waals surface area contributed by atoms with Gasteiger partial charge in [-0.2, -0.15) is 0 Å². The Morgan fingerprint density at radius 2 is 0.638 bits per heavy atom. The van der Waals surface area contributed by atoms with Crippen molar-refractivity contribution in [3.8, 4) is 23.0 Å². The van der Waals surface area contributed by atoms with Crippen LogP contribution in [0.3, 0.4) is 0 Å². The second kappa shape index (κ2) is 20.7. The summed E-state index contributed by atoms with van der Waals surface area (Å²) in [4.78, 5) is 11.0. The molecule has 0 aliphatic rings. The molecule has 7 aromatic rings. The van der Waals surface area contributed by atoms with Crippen molar-refractivity contribution >= 4 is 65.2 Å². The van der Waals surface area contributed by atoms with Crippen LogP contribution in [0.5, 0.6) is 23.0 Å². The van der Waals surface area contributed by atoms with E-state index in [2.05, 4.69) is 100 Å². The van der Waals surface area contributed by atoms with Crippen LogP contribution < -0.4 is 18.9 Å². The van der Waals surface area contributed by atoms with E-state index in [1.165, 1.54) is 51.4 Å². The predicted octanol–water partition coefficient (Wildman–Crippen LogP) is 15.2. The van der Waals surface area contributed by atoms with Crippen molar-refractivity contribution in [3.63, 3.8) is 0 Å². The second-order valence-corrected chi connectivity index (χ2v) is 16.0. The van der Waals surface area contributed by atoms with Gasteiger partial charge in [-0.3, -0.25) is 0 Å². The van der Waals surface area contributed by atoms with Crippen LogP contribution in [0.1, 0.15) is 130 Å². The van der Waals surface area contributed by atoms with Gasteiger partial charge in [0.1, 0.15) is 34.0 Å². The number of aromatic nitrogens is 2. The van der Waals surface area contributed by atoms with Gasteiger partial charge in [0.05, 0.1) is 48.2 Å². The van der Waals surface area contributed by atoms with Crippen LogP contribution in [-0.4, -0.2) is 36.4 Å². The first-order valence-electron chi connectivity index (χ1n) is 22.7. The number of benzene rings is 6. The Labute approximate surface area is 345 Å². The zero-order valence-corrected chi connectivity index (χ0v) is 35.6. The lowest BCUT2D eigenvalue weighted by Crippen LogP contribution is -2.04. The molecule has 0 aliphatic carbocycles. The van der Waals surface area contributed by atoms with Gasteiger partial charge in [0.25, 0.3) is 0 Å². The van der Waals surface area contributed by atoms with Crippen molar-refractivity contribution < 1.29 is 18.9 Å². The van der Waals surface area contributed by atoms with Gasteiger partial charge in [-0.25, -0.2) is 9.97 Å². The van der Waals surface area contributed by atoms with E-state index in [4.69, 9.17) is 28.9 Å². The lowest BCUT2D eigenvalue weighted by molar-refractivity contribution is 0.307. The van der Waals surface area contributed by atoms with Crippen molar-refractivity contribution in [2.75, 3.05) is 26.4 Å². The summed E-state index contributed by atoms with van der Waals surface area (Å²) in [5.41, 5.74) is 3.28. The SMILES string of the molecule is CCCCCCOc1c2ccccc2c(OCCCCCC)c2c1ccc1nc3c(ccc4c(OCCCCCC)c5ccccc5c(OCCCCCC)c43)nc12. The highest BCUT2D eigenvalue weighted by Crippen LogP contribution is 2.48. The van der Waals surface area contributed by atoms with Crippen molar-refractivity contribution in [3.05, 3.63) is 72.8 Å². The summed E-state index contributed by atoms with van der Waals surface area (Å²) >= 11 is 0. The number of rotatable bonds is 24. The Bertz CT molecular complexity index is 2270. The fraction of sp³-hybridized carbons (Fsp3) is 0.462. The van der Waals surface area contributed by atoms with Gasteiger partial charge >= 0.3 is 0 Å². The summed E-state index contributed by atoms with van der Waals surface area (Å²) in [6, 6.07) is 25.6. The predicted molar refractivity (Wildman–Crippen MR) is 246 cm³/mol.